The largest absolute Gasteiger partial charge is 0.493 e. The molecule has 0 unspecified atom stereocenters. The van der Waals surface area contributed by atoms with Crippen molar-refractivity contribution in [3.63, 3.8) is 0 Å². The first-order chi connectivity index (χ1) is 8.24. The first kappa shape index (κ1) is 11.7. The van der Waals surface area contributed by atoms with E-state index in [0.29, 0.717) is 22.5 Å². The fraction of sp³-hybridized carbons (Fsp3) is 0.167. The maximum absolute atomic E-state index is 5.82. The van der Waals surface area contributed by atoms with Crippen LogP contribution in [0.2, 0.25) is 5.15 Å². The van der Waals surface area contributed by atoms with Gasteiger partial charge in [-0.2, -0.15) is 0 Å². The van der Waals surface area contributed by atoms with Crippen LogP contribution < -0.4 is 9.47 Å². The minimum Gasteiger partial charge on any atom is -0.493 e. The van der Waals surface area contributed by atoms with Gasteiger partial charge in [0.1, 0.15) is 5.15 Å². The molecular weight excluding hydrogens is 240 g/mol. The quantitative estimate of drug-likeness (QED) is 0.786. The molecule has 0 saturated heterocycles. The topological polar surface area (TPSA) is 44.2 Å². The van der Waals surface area contributed by atoms with Gasteiger partial charge < -0.3 is 9.47 Å². The lowest BCUT2D eigenvalue weighted by molar-refractivity contribution is 0.355. The molecule has 0 radical (unpaired) electrons. The predicted octanol–water partition coefficient (Wildman–Crippen LogP) is 2.81. The van der Waals surface area contributed by atoms with Crippen molar-refractivity contribution < 1.29 is 9.47 Å². The summed E-state index contributed by atoms with van der Waals surface area (Å²) in [5, 5.41) is 0.407. The summed E-state index contributed by atoms with van der Waals surface area (Å²) in [6.45, 7) is 0. The molecule has 0 bridgehead atoms. The summed E-state index contributed by atoms with van der Waals surface area (Å²) in [7, 11) is 3.17. The Morgan fingerprint density at radius 1 is 1.06 bits per heavy atom. The van der Waals surface area contributed by atoms with Gasteiger partial charge in [0, 0.05) is 11.8 Å². The van der Waals surface area contributed by atoms with Gasteiger partial charge in [0.15, 0.2) is 17.3 Å². The summed E-state index contributed by atoms with van der Waals surface area (Å²) < 4.78 is 10.4. The Morgan fingerprint density at radius 2 is 1.82 bits per heavy atom. The molecule has 1 heterocycles. The molecular formula is C12H11ClN2O2. The number of methoxy groups -OCH3 is 2. The average molecular weight is 251 g/mol. The second kappa shape index (κ2) is 5.01. The number of nitrogens with zero attached hydrogens (tertiary/aromatic N) is 2. The number of aromatic nitrogens is 2. The maximum atomic E-state index is 5.82. The molecule has 5 heteroatoms. The summed E-state index contributed by atoms with van der Waals surface area (Å²) in [5.74, 6) is 1.85. The fourth-order valence-electron chi connectivity index (χ4n) is 1.45. The number of hydrogen-bond donors (Lipinski definition) is 0. The van der Waals surface area contributed by atoms with E-state index >= 15 is 0 Å². The van der Waals surface area contributed by atoms with Crippen molar-refractivity contribution in [3.8, 4) is 22.9 Å². The molecule has 17 heavy (non-hydrogen) atoms. The molecule has 0 aliphatic rings. The average Bonchev–Trinajstić information content (AvgIpc) is 2.38. The highest BCUT2D eigenvalue weighted by atomic mass is 35.5. The van der Waals surface area contributed by atoms with Crippen LogP contribution >= 0.6 is 11.6 Å². The van der Waals surface area contributed by atoms with Crippen LogP contribution in [-0.4, -0.2) is 24.2 Å². The van der Waals surface area contributed by atoms with Gasteiger partial charge in [0.05, 0.1) is 14.2 Å². The highest BCUT2D eigenvalue weighted by Gasteiger charge is 2.08. The SMILES string of the molecule is COc1ccc(-c2nccc(Cl)n2)cc1OC. The predicted molar refractivity (Wildman–Crippen MR) is 65.6 cm³/mol. The first-order valence-electron chi connectivity index (χ1n) is 4.95. The smallest absolute Gasteiger partial charge is 0.161 e. The van der Waals surface area contributed by atoms with Gasteiger partial charge in [-0.3, -0.25) is 0 Å². The number of benzene rings is 1. The van der Waals surface area contributed by atoms with E-state index in [1.165, 1.54) is 0 Å². The van der Waals surface area contributed by atoms with Crippen molar-refractivity contribution in [2.75, 3.05) is 14.2 Å². The van der Waals surface area contributed by atoms with Crippen molar-refractivity contribution in [2.45, 2.75) is 0 Å². The number of ether oxygens (including phenoxy) is 2. The molecule has 0 spiro atoms. The molecule has 88 valence electrons. The van der Waals surface area contributed by atoms with Crippen molar-refractivity contribution in [2.24, 2.45) is 0 Å². The third-order valence-electron chi connectivity index (χ3n) is 2.26. The lowest BCUT2D eigenvalue weighted by Crippen LogP contribution is -1.93. The summed E-state index contributed by atoms with van der Waals surface area (Å²) in [6.07, 6.45) is 1.61. The lowest BCUT2D eigenvalue weighted by atomic mass is 10.2. The van der Waals surface area contributed by atoms with Gasteiger partial charge in [-0.15, -0.1) is 0 Å². The lowest BCUT2D eigenvalue weighted by Gasteiger charge is -2.08. The number of rotatable bonds is 3. The van der Waals surface area contributed by atoms with Gasteiger partial charge >= 0.3 is 0 Å². The minimum absolute atomic E-state index is 0.407. The summed E-state index contributed by atoms with van der Waals surface area (Å²) in [6, 6.07) is 7.10. The molecule has 0 amide bonds. The second-order valence-corrected chi connectivity index (χ2v) is 3.66. The Labute approximate surface area is 104 Å². The van der Waals surface area contributed by atoms with Crippen molar-refractivity contribution in [1.82, 2.24) is 9.97 Å². The summed E-state index contributed by atoms with van der Waals surface area (Å²) >= 11 is 5.82. The van der Waals surface area contributed by atoms with E-state index in [9.17, 15) is 0 Å². The Kier molecular flexibility index (Phi) is 3.44. The van der Waals surface area contributed by atoms with Crippen LogP contribution in [0.25, 0.3) is 11.4 Å². The number of hydrogen-bond acceptors (Lipinski definition) is 4. The molecule has 0 fully saturated rings. The molecule has 0 N–H and O–H groups in total. The Hall–Kier alpha value is -1.81. The van der Waals surface area contributed by atoms with E-state index in [4.69, 9.17) is 21.1 Å². The van der Waals surface area contributed by atoms with Gasteiger partial charge in [-0.25, -0.2) is 9.97 Å². The maximum Gasteiger partial charge on any atom is 0.161 e. The van der Waals surface area contributed by atoms with Crippen LogP contribution in [0.4, 0.5) is 0 Å². The zero-order valence-corrected chi connectivity index (χ0v) is 10.2. The molecule has 2 rings (SSSR count). The molecule has 0 saturated carbocycles. The minimum atomic E-state index is 0.407. The van der Waals surface area contributed by atoms with Crippen LogP contribution in [0.5, 0.6) is 11.5 Å². The van der Waals surface area contributed by atoms with E-state index in [2.05, 4.69) is 9.97 Å². The van der Waals surface area contributed by atoms with E-state index in [0.717, 1.165) is 5.56 Å². The van der Waals surface area contributed by atoms with Gasteiger partial charge in [-0.1, -0.05) is 11.6 Å². The van der Waals surface area contributed by atoms with Gasteiger partial charge in [0.2, 0.25) is 0 Å². The Balaban J connectivity index is 2.46. The van der Waals surface area contributed by atoms with E-state index < -0.39 is 0 Å². The summed E-state index contributed by atoms with van der Waals surface area (Å²) in [5.41, 5.74) is 0.824. The Bertz CT molecular complexity index is 532. The van der Waals surface area contributed by atoms with Gasteiger partial charge in [0.25, 0.3) is 0 Å². The third kappa shape index (κ3) is 2.47. The molecule has 4 nitrogen and oxygen atoms in total. The van der Waals surface area contributed by atoms with Gasteiger partial charge in [-0.05, 0) is 24.3 Å². The van der Waals surface area contributed by atoms with Crippen molar-refractivity contribution in [3.05, 3.63) is 35.6 Å². The first-order valence-corrected chi connectivity index (χ1v) is 5.33. The second-order valence-electron chi connectivity index (χ2n) is 3.27. The molecule has 0 aliphatic carbocycles. The summed E-state index contributed by atoms with van der Waals surface area (Å²) in [4.78, 5) is 8.28. The third-order valence-corrected chi connectivity index (χ3v) is 2.47. The zero-order chi connectivity index (χ0) is 12.3. The van der Waals surface area contributed by atoms with Crippen molar-refractivity contribution in [1.29, 1.82) is 0 Å². The van der Waals surface area contributed by atoms with Crippen LogP contribution in [0, 0.1) is 0 Å². The highest BCUT2D eigenvalue weighted by molar-refractivity contribution is 6.29. The molecule has 0 atom stereocenters. The van der Waals surface area contributed by atoms with Crippen LogP contribution in [0.1, 0.15) is 0 Å². The molecule has 0 aliphatic heterocycles. The number of halogens is 1. The zero-order valence-electron chi connectivity index (χ0n) is 9.48. The molecule has 2 aromatic rings. The highest BCUT2D eigenvalue weighted by Crippen LogP contribution is 2.31. The van der Waals surface area contributed by atoms with E-state index in [-0.39, 0.29) is 0 Å². The van der Waals surface area contributed by atoms with Crippen LogP contribution in [0.3, 0.4) is 0 Å². The monoisotopic (exact) mass is 250 g/mol. The van der Waals surface area contributed by atoms with E-state index in [1.807, 2.05) is 12.1 Å². The van der Waals surface area contributed by atoms with E-state index in [1.54, 1.807) is 32.5 Å². The van der Waals surface area contributed by atoms with Crippen LogP contribution in [0.15, 0.2) is 30.5 Å². The fourth-order valence-corrected chi connectivity index (χ4v) is 1.59. The van der Waals surface area contributed by atoms with Crippen molar-refractivity contribution >= 4 is 11.6 Å². The van der Waals surface area contributed by atoms with Crippen LogP contribution in [-0.2, 0) is 0 Å². The Morgan fingerprint density at radius 3 is 2.47 bits per heavy atom. The molecule has 1 aromatic heterocycles. The standard InChI is InChI=1S/C12H11ClN2O2/c1-16-9-4-3-8(7-10(9)17-2)12-14-6-5-11(13)15-12/h3-7H,1-2H3. The molecule has 1 aromatic carbocycles. The normalized spacial score (nSPS) is 10.1.